The smallest absolute Gasteiger partial charge is 0.255 e. The fraction of sp³-hybridized carbons (Fsp3) is 0.500. The van der Waals surface area contributed by atoms with Gasteiger partial charge in [-0.3, -0.25) is 24.6 Å². The lowest BCUT2D eigenvalue weighted by atomic mass is 10.0. The first-order valence-corrected chi connectivity index (χ1v) is 11.2. The van der Waals surface area contributed by atoms with E-state index in [1.165, 1.54) is 0 Å². The number of fused-ring (bicyclic) bond motifs is 2. The number of amides is 3. The van der Waals surface area contributed by atoms with E-state index in [0.29, 0.717) is 24.4 Å². The number of nitrogens with one attached hydrogen (secondary N) is 2. The van der Waals surface area contributed by atoms with Crippen LogP contribution in [0.25, 0.3) is 0 Å². The summed E-state index contributed by atoms with van der Waals surface area (Å²) in [5.74, 6) is 1.78. The Bertz CT molecular complexity index is 1120. The predicted molar refractivity (Wildman–Crippen MR) is 112 cm³/mol. The van der Waals surface area contributed by atoms with Crippen LogP contribution in [-0.4, -0.2) is 68.0 Å². The number of hydrogen-bond acceptors (Lipinski definition) is 7. The molecule has 4 aliphatic rings. The van der Waals surface area contributed by atoms with Gasteiger partial charge in [0.05, 0.1) is 6.54 Å². The number of rotatable bonds is 4. The van der Waals surface area contributed by atoms with Crippen LogP contribution in [0.3, 0.4) is 0 Å². The summed E-state index contributed by atoms with van der Waals surface area (Å²) >= 11 is 0. The summed E-state index contributed by atoms with van der Waals surface area (Å²) in [5.41, 5.74) is 2.66. The Labute approximate surface area is 185 Å². The summed E-state index contributed by atoms with van der Waals surface area (Å²) in [5, 5.41) is 14.5. The highest BCUT2D eigenvalue weighted by Crippen LogP contribution is 2.29. The number of benzene rings is 1. The molecular formula is C22H25N7O3. The first kappa shape index (κ1) is 19.6. The highest BCUT2D eigenvalue weighted by molar-refractivity contribution is 6.05. The van der Waals surface area contributed by atoms with Crippen molar-refractivity contribution in [2.75, 3.05) is 19.6 Å². The number of nitrogens with zero attached hydrogens (tertiary/aromatic N) is 5. The third-order valence-corrected chi connectivity index (χ3v) is 7.01. The molecule has 1 atom stereocenters. The minimum absolute atomic E-state index is 0.131. The summed E-state index contributed by atoms with van der Waals surface area (Å²) in [6.07, 6.45) is 0.644. The van der Waals surface area contributed by atoms with Gasteiger partial charge in [0, 0.05) is 57.2 Å². The van der Waals surface area contributed by atoms with Crippen molar-refractivity contribution in [2.24, 2.45) is 0 Å². The number of piperidine rings is 1. The Hall–Kier alpha value is -3.11. The Morgan fingerprint density at radius 2 is 1.94 bits per heavy atom. The van der Waals surface area contributed by atoms with Gasteiger partial charge in [0.25, 0.3) is 5.91 Å². The van der Waals surface area contributed by atoms with Crippen LogP contribution in [0.1, 0.15) is 51.9 Å². The zero-order valence-electron chi connectivity index (χ0n) is 17.7. The van der Waals surface area contributed by atoms with Crippen LogP contribution in [-0.2, 0) is 35.8 Å². The lowest BCUT2D eigenvalue weighted by molar-refractivity contribution is -0.136. The van der Waals surface area contributed by atoms with Gasteiger partial charge in [-0.2, -0.15) is 0 Å². The van der Waals surface area contributed by atoms with Crippen molar-refractivity contribution >= 4 is 17.7 Å². The summed E-state index contributed by atoms with van der Waals surface area (Å²) in [7, 11) is 0. The molecule has 2 fully saturated rings. The van der Waals surface area contributed by atoms with Gasteiger partial charge in [-0.15, -0.1) is 10.2 Å². The van der Waals surface area contributed by atoms with Gasteiger partial charge in [0.1, 0.15) is 17.7 Å². The van der Waals surface area contributed by atoms with E-state index in [9.17, 15) is 14.4 Å². The van der Waals surface area contributed by atoms with Crippen molar-refractivity contribution in [1.82, 2.24) is 35.2 Å². The van der Waals surface area contributed by atoms with Crippen molar-refractivity contribution < 1.29 is 14.4 Å². The number of carbonyl (C=O) groups excluding carboxylic acids is 3. The maximum Gasteiger partial charge on any atom is 0.255 e. The Morgan fingerprint density at radius 1 is 1.06 bits per heavy atom. The van der Waals surface area contributed by atoms with Gasteiger partial charge in [-0.05, 0) is 23.6 Å². The third kappa shape index (κ3) is 3.21. The molecule has 32 heavy (non-hydrogen) atoms. The number of imide groups is 1. The summed E-state index contributed by atoms with van der Waals surface area (Å²) in [6.45, 7) is 5.60. The molecule has 166 valence electrons. The highest BCUT2D eigenvalue weighted by atomic mass is 16.2. The van der Waals surface area contributed by atoms with E-state index < -0.39 is 6.04 Å². The third-order valence-electron chi connectivity index (χ3n) is 7.01. The average Bonchev–Trinajstić information content (AvgIpc) is 3.28. The van der Waals surface area contributed by atoms with E-state index in [1.807, 2.05) is 12.1 Å². The van der Waals surface area contributed by atoms with E-state index in [0.717, 1.165) is 62.0 Å². The molecule has 10 nitrogen and oxygen atoms in total. The Morgan fingerprint density at radius 3 is 2.72 bits per heavy atom. The molecule has 1 unspecified atom stereocenters. The molecule has 0 radical (unpaired) electrons. The minimum Gasteiger partial charge on any atom is -0.322 e. The lowest BCUT2D eigenvalue weighted by Crippen LogP contribution is -2.52. The standard InChI is InChI=1S/C22H25N7O3/c30-19-4-3-17(21(31)24-19)29-11-14-2-1-13(7-16(14)22(29)32)10-27-5-6-28-18(12-27)25-26-20(28)15-8-23-9-15/h1-2,7,15,17,23H,3-6,8-12H2,(H,24,30,31). The minimum atomic E-state index is -0.579. The fourth-order valence-corrected chi connectivity index (χ4v) is 5.10. The zero-order chi connectivity index (χ0) is 21.8. The average molecular weight is 435 g/mol. The van der Waals surface area contributed by atoms with Gasteiger partial charge in [-0.25, -0.2) is 0 Å². The van der Waals surface area contributed by atoms with Crippen molar-refractivity contribution in [2.45, 2.75) is 51.0 Å². The molecule has 0 aliphatic carbocycles. The molecule has 2 aromatic rings. The molecule has 0 bridgehead atoms. The molecule has 3 amide bonds. The van der Waals surface area contributed by atoms with E-state index in [4.69, 9.17) is 0 Å². The first-order chi connectivity index (χ1) is 15.6. The zero-order valence-corrected chi connectivity index (χ0v) is 17.7. The molecule has 4 aliphatic heterocycles. The number of aromatic nitrogens is 3. The normalized spacial score (nSPS) is 23.7. The van der Waals surface area contributed by atoms with Crippen LogP contribution < -0.4 is 10.6 Å². The maximum absolute atomic E-state index is 13.1. The summed E-state index contributed by atoms with van der Waals surface area (Å²) < 4.78 is 2.26. The Balaban J connectivity index is 1.15. The highest BCUT2D eigenvalue weighted by Gasteiger charge is 2.39. The van der Waals surface area contributed by atoms with Crippen LogP contribution >= 0.6 is 0 Å². The van der Waals surface area contributed by atoms with E-state index in [1.54, 1.807) is 4.90 Å². The quantitative estimate of drug-likeness (QED) is 0.637. The summed E-state index contributed by atoms with van der Waals surface area (Å²) in [6, 6.07) is 5.42. The van der Waals surface area contributed by atoms with Gasteiger partial charge < -0.3 is 14.8 Å². The Kier molecular flexibility index (Phi) is 4.58. The molecule has 1 aromatic heterocycles. The second kappa shape index (κ2) is 7.49. The van der Waals surface area contributed by atoms with Crippen LogP contribution in [0.4, 0.5) is 0 Å². The second-order valence-electron chi connectivity index (χ2n) is 9.08. The van der Waals surface area contributed by atoms with Crippen LogP contribution in [0.5, 0.6) is 0 Å². The van der Waals surface area contributed by atoms with Crippen LogP contribution in [0.2, 0.25) is 0 Å². The molecule has 6 rings (SSSR count). The van der Waals surface area contributed by atoms with E-state index in [-0.39, 0.29) is 24.1 Å². The molecule has 2 N–H and O–H groups in total. The topological polar surface area (TPSA) is 112 Å². The predicted octanol–water partition coefficient (Wildman–Crippen LogP) is -0.258. The first-order valence-electron chi connectivity index (χ1n) is 11.2. The molecule has 0 saturated carbocycles. The SMILES string of the molecule is O=C1CCC(N2Cc3ccc(CN4CCn5c(nnc5C5CNC5)C4)cc3C2=O)C(=O)N1. The fourth-order valence-electron chi connectivity index (χ4n) is 5.10. The molecule has 1 aromatic carbocycles. The van der Waals surface area contributed by atoms with Gasteiger partial charge >= 0.3 is 0 Å². The number of hydrogen-bond donors (Lipinski definition) is 2. The van der Waals surface area contributed by atoms with Gasteiger partial charge in [0.2, 0.25) is 11.8 Å². The molecule has 0 spiro atoms. The van der Waals surface area contributed by atoms with Crippen molar-refractivity contribution in [3.05, 3.63) is 46.5 Å². The molecular weight excluding hydrogens is 410 g/mol. The largest absolute Gasteiger partial charge is 0.322 e. The van der Waals surface area contributed by atoms with Crippen molar-refractivity contribution in [3.8, 4) is 0 Å². The molecule has 5 heterocycles. The van der Waals surface area contributed by atoms with E-state index in [2.05, 4.69) is 36.4 Å². The monoisotopic (exact) mass is 435 g/mol. The lowest BCUT2D eigenvalue weighted by Gasteiger charge is -2.31. The summed E-state index contributed by atoms with van der Waals surface area (Å²) in [4.78, 5) is 40.7. The number of carbonyl (C=O) groups is 3. The van der Waals surface area contributed by atoms with Crippen LogP contribution in [0.15, 0.2) is 18.2 Å². The molecule has 10 heteroatoms. The molecule has 2 saturated heterocycles. The van der Waals surface area contributed by atoms with E-state index >= 15 is 0 Å². The van der Waals surface area contributed by atoms with Gasteiger partial charge in [-0.1, -0.05) is 12.1 Å². The van der Waals surface area contributed by atoms with Crippen molar-refractivity contribution in [3.63, 3.8) is 0 Å². The second-order valence-corrected chi connectivity index (χ2v) is 9.08. The van der Waals surface area contributed by atoms with Gasteiger partial charge in [0.15, 0.2) is 0 Å². The van der Waals surface area contributed by atoms with Crippen molar-refractivity contribution in [1.29, 1.82) is 0 Å². The van der Waals surface area contributed by atoms with Crippen LogP contribution in [0, 0.1) is 0 Å². The maximum atomic E-state index is 13.1.